The summed E-state index contributed by atoms with van der Waals surface area (Å²) in [6.07, 6.45) is -0.439. The van der Waals surface area contributed by atoms with Crippen LogP contribution >= 0.6 is 11.3 Å². The number of thiophene rings is 1. The molecule has 0 aliphatic rings. The third-order valence-electron chi connectivity index (χ3n) is 5.73. The van der Waals surface area contributed by atoms with Gasteiger partial charge in [-0.1, -0.05) is 38.1 Å². The monoisotopic (exact) mass is 477 g/mol. The van der Waals surface area contributed by atoms with Crippen LogP contribution < -0.4 is 25.8 Å². The van der Waals surface area contributed by atoms with Crippen molar-refractivity contribution in [2.45, 2.75) is 32.5 Å². The van der Waals surface area contributed by atoms with Crippen LogP contribution in [0.1, 0.15) is 42.1 Å². The molecule has 7 nitrogen and oxygen atoms in total. The molecule has 178 valence electrons. The van der Waals surface area contributed by atoms with Crippen molar-refractivity contribution >= 4 is 27.9 Å². The average molecular weight is 478 g/mol. The summed E-state index contributed by atoms with van der Waals surface area (Å²) in [5.41, 5.74) is 9.96. The summed E-state index contributed by atoms with van der Waals surface area (Å²) in [4.78, 5) is 2.19. The van der Waals surface area contributed by atoms with E-state index in [9.17, 15) is 0 Å². The second-order valence-electron chi connectivity index (χ2n) is 8.35. The summed E-state index contributed by atoms with van der Waals surface area (Å²) in [6.45, 7) is 5.00. The predicted molar refractivity (Wildman–Crippen MR) is 140 cm³/mol. The van der Waals surface area contributed by atoms with Crippen LogP contribution in [-0.4, -0.2) is 31.5 Å². The van der Waals surface area contributed by atoms with Crippen molar-refractivity contribution in [3.05, 3.63) is 64.7 Å². The van der Waals surface area contributed by atoms with Crippen LogP contribution in [0.15, 0.2) is 48.5 Å². The number of anilines is 1. The first kappa shape index (κ1) is 23.9. The van der Waals surface area contributed by atoms with Gasteiger partial charge in [-0.3, -0.25) is 0 Å². The number of hydrogen-bond donors (Lipinski definition) is 3. The number of aromatic nitrogens is 2. The fourth-order valence-corrected chi connectivity index (χ4v) is 5.04. The summed E-state index contributed by atoms with van der Waals surface area (Å²) in [6, 6.07) is 16.5. The first-order chi connectivity index (χ1) is 16.5. The number of methoxy groups -OCH3 is 2. The number of fused-ring (bicyclic) bond motifs is 1. The second-order valence-corrected chi connectivity index (χ2v) is 9.47. The largest absolute Gasteiger partial charge is 0.493 e. The van der Waals surface area contributed by atoms with Crippen molar-refractivity contribution in [3.63, 3.8) is 0 Å². The molecule has 0 aliphatic carbocycles. The van der Waals surface area contributed by atoms with Gasteiger partial charge in [0.15, 0.2) is 17.3 Å². The first-order valence-corrected chi connectivity index (χ1v) is 12.1. The number of ether oxygens (including phenoxy) is 2. The Balaban J connectivity index is 1.69. The Labute approximate surface area is 204 Å². The van der Waals surface area contributed by atoms with E-state index in [0.717, 1.165) is 27.9 Å². The highest BCUT2D eigenvalue weighted by atomic mass is 32.1. The lowest BCUT2D eigenvalue weighted by molar-refractivity contribution is 0.356. The van der Waals surface area contributed by atoms with Crippen LogP contribution in [0.5, 0.6) is 11.5 Å². The molecule has 4 N–H and O–H groups in total. The molecule has 4 aromatic rings. The van der Waals surface area contributed by atoms with E-state index in [1.807, 2.05) is 19.2 Å². The van der Waals surface area contributed by atoms with Crippen molar-refractivity contribution in [1.29, 1.82) is 0 Å². The van der Waals surface area contributed by atoms with Gasteiger partial charge in [0.25, 0.3) is 0 Å². The summed E-state index contributed by atoms with van der Waals surface area (Å²) in [5.74, 6) is 2.10. The summed E-state index contributed by atoms with van der Waals surface area (Å²) in [5, 5.41) is 17.4. The molecule has 8 heteroatoms. The van der Waals surface area contributed by atoms with E-state index in [0.29, 0.717) is 17.3 Å². The van der Waals surface area contributed by atoms with Gasteiger partial charge in [-0.05, 0) is 48.4 Å². The van der Waals surface area contributed by atoms with Gasteiger partial charge in [0.05, 0.1) is 19.9 Å². The van der Waals surface area contributed by atoms with Gasteiger partial charge >= 0.3 is 0 Å². The molecule has 0 saturated heterocycles. The summed E-state index contributed by atoms with van der Waals surface area (Å²) >= 11 is 1.67. The molecule has 0 saturated carbocycles. The minimum Gasteiger partial charge on any atom is -0.493 e. The third-order valence-corrected chi connectivity index (χ3v) is 6.94. The quantitative estimate of drug-likeness (QED) is 0.282. The van der Waals surface area contributed by atoms with E-state index in [4.69, 9.17) is 15.2 Å². The highest BCUT2D eigenvalue weighted by Gasteiger charge is 2.19. The maximum Gasteiger partial charge on any atom is 0.161 e. The Bertz CT molecular complexity index is 1290. The molecule has 1 atom stereocenters. The highest BCUT2D eigenvalue weighted by Crippen LogP contribution is 2.38. The number of rotatable bonds is 9. The van der Waals surface area contributed by atoms with Gasteiger partial charge in [0.2, 0.25) is 0 Å². The number of hydrogen-bond acceptors (Lipinski definition) is 8. The molecule has 0 radical (unpaired) electrons. The van der Waals surface area contributed by atoms with E-state index in [1.165, 1.54) is 16.0 Å². The molecule has 2 aromatic carbocycles. The Kier molecular flexibility index (Phi) is 7.31. The van der Waals surface area contributed by atoms with Crippen LogP contribution in [0.3, 0.4) is 0 Å². The molecule has 0 unspecified atom stereocenters. The normalized spacial score (nSPS) is 12.2. The van der Waals surface area contributed by atoms with Crippen LogP contribution in [0.2, 0.25) is 0 Å². The number of nitrogens with one attached hydrogen (secondary N) is 2. The van der Waals surface area contributed by atoms with Gasteiger partial charge in [0.1, 0.15) is 6.17 Å². The van der Waals surface area contributed by atoms with Gasteiger partial charge < -0.3 is 25.8 Å². The molecule has 0 fully saturated rings. The molecule has 0 aliphatic heterocycles. The Morgan fingerprint density at radius 2 is 1.68 bits per heavy atom. The van der Waals surface area contributed by atoms with Crippen LogP contribution in [0.4, 0.5) is 5.82 Å². The maximum absolute atomic E-state index is 6.59. The van der Waals surface area contributed by atoms with E-state index in [2.05, 4.69) is 71.1 Å². The van der Waals surface area contributed by atoms with Gasteiger partial charge in [-0.25, -0.2) is 0 Å². The number of benzene rings is 2. The van der Waals surface area contributed by atoms with E-state index in [-0.39, 0.29) is 5.92 Å². The molecule has 0 amide bonds. The van der Waals surface area contributed by atoms with Crippen molar-refractivity contribution in [2.24, 2.45) is 5.73 Å². The maximum atomic E-state index is 6.59. The van der Waals surface area contributed by atoms with Gasteiger partial charge in [0, 0.05) is 27.1 Å². The predicted octanol–water partition coefficient (Wildman–Crippen LogP) is 5.29. The van der Waals surface area contributed by atoms with Crippen LogP contribution in [-0.2, 0) is 6.54 Å². The van der Waals surface area contributed by atoms with Crippen molar-refractivity contribution in [3.8, 4) is 21.9 Å². The van der Waals surface area contributed by atoms with Gasteiger partial charge in [-0.15, -0.1) is 16.4 Å². The zero-order valence-corrected chi connectivity index (χ0v) is 21.0. The standard InChI is InChI=1S/C26H31N5O2S/c1-15(2)24-18-12-20(32-4)21(33-5)13-19(18)26(31-30-24)29-25(27)23-11-10-22(34-23)17-9-7-6-8-16(17)14-28-3/h6-13,15,25,28H,14,27H2,1-5H3,(H,29,31)/t25-/m0/s1. The molecule has 34 heavy (non-hydrogen) atoms. The zero-order valence-electron chi connectivity index (χ0n) is 20.2. The molecule has 2 heterocycles. The average Bonchev–Trinajstić information content (AvgIpc) is 3.34. The highest BCUT2D eigenvalue weighted by molar-refractivity contribution is 7.15. The Morgan fingerprint density at radius 1 is 0.971 bits per heavy atom. The molecule has 2 aromatic heterocycles. The Morgan fingerprint density at radius 3 is 2.35 bits per heavy atom. The molecule has 0 bridgehead atoms. The molecule has 0 spiro atoms. The minimum atomic E-state index is -0.439. The first-order valence-electron chi connectivity index (χ1n) is 11.2. The smallest absolute Gasteiger partial charge is 0.161 e. The van der Waals surface area contributed by atoms with E-state index >= 15 is 0 Å². The molecular formula is C26H31N5O2S. The lowest BCUT2D eigenvalue weighted by Gasteiger charge is -2.18. The number of nitrogens with zero attached hydrogens (tertiary/aromatic N) is 2. The second kappa shape index (κ2) is 10.4. The fraction of sp³-hybridized carbons (Fsp3) is 0.308. The topological polar surface area (TPSA) is 94.3 Å². The van der Waals surface area contributed by atoms with Crippen molar-refractivity contribution in [2.75, 3.05) is 26.6 Å². The lowest BCUT2D eigenvalue weighted by Crippen LogP contribution is -2.20. The fourth-order valence-electron chi connectivity index (χ4n) is 4.02. The SMILES string of the molecule is CNCc1ccccc1-c1ccc([C@@H](N)Nc2nnc(C(C)C)c3cc(OC)c(OC)cc23)s1. The lowest BCUT2D eigenvalue weighted by atomic mass is 10.0. The summed E-state index contributed by atoms with van der Waals surface area (Å²) < 4.78 is 11.1. The summed E-state index contributed by atoms with van der Waals surface area (Å²) in [7, 11) is 5.21. The van der Waals surface area contributed by atoms with Crippen molar-refractivity contribution < 1.29 is 9.47 Å². The third kappa shape index (κ3) is 4.70. The van der Waals surface area contributed by atoms with E-state index in [1.54, 1.807) is 25.6 Å². The molecule has 4 rings (SSSR count). The minimum absolute atomic E-state index is 0.202. The zero-order chi connectivity index (χ0) is 24.2. The van der Waals surface area contributed by atoms with Gasteiger partial charge in [-0.2, -0.15) is 5.10 Å². The molecular weight excluding hydrogens is 446 g/mol. The van der Waals surface area contributed by atoms with Crippen LogP contribution in [0.25, 0.3) is 21.2 Å². The van der Waals surface area contributed by atoms with Crippen LogP contribution in [0, 0.1) is 0 Å². The number of nitrogens with two attached hydrogens (primary N) is 1. The Hall–Kier alpha value is -3.20. The van der Waals surface area contributed by atoms with Crippen molar-refractivity contribution in [1.82, 2.24) is 15.5 Å². The van der Waals surface area contributed by atoms with E-state index < -0.39 is 6.17 Å².